The van der Waals surface area contributed by atoms with Crippen molar-refractivity contribution in [1.29, 1.82) is 0 Å². The molecule has 0 amide bonds. The molecule has 0 spiro atoms. The summed E-state index contributed by atoms with van der Waals surface area (Å²) in [5.74, 6) is 1.63. The van der Waals surface area contributed by atoms with E-state index in [0.29, 0.717) is 18.8 Å². The summed E-state index contributed by atoms with van der Waals surface area (Å²) in [6.07, 6.45) is 1.80. The molecule has 108 valence electrons. The Balaban J connectivity index is 2.67. The summed E-state index contributed by atoms with van der Waals surface area (Å²) in [5.41, 5.74) is -0.132. The fourth-order valence-corrected chi connectivity index (χ4v) is 2.45. The van der Waals surface area contributed by atoms with Crippen molar-refractivity contribution in [1.82, 2.24) is 9.97 Å². The van der Waals surface area contributed by atoms with E-state index in [9.17, 15) is 8.42 Å². The summed E-state index contributed by atoms with van der Waals surface area (Å²) in [4.78, 5) is 8.78. The molecule has 7 heteroatoms. The van der Waals surface area contributed by atoms with Gasteiger partial charge in [-0.25, -0.2) is 18.4 Å². The van der Waals surface area contributed by atoms with Crippen LogP contribution in [0.5, 0.6) is 0 Å². The normalized spacial score (nSPS) is 12.5. The van der Waals surface area contributed by atoms with Crippen molar-refractivity contribution in [2.45, 2.75) is 32.6 Å². The zero-order valence-corrected chi connectivity index (χ0v) is 14.1. The average molecular weight is 350 g/mol. The topological polar surface area (TPSA) is 72.0 Å². The first kappa shape index (κ1) is 16.4. The van der Waals surface area contributed by atoms with Crippen molar-refractivity contribution in [3.8, 4) is 0 Å². The van der Waals surface area contributed by atoms with E-state index in [1.807, 2.05) is 20.8 Å². The highest BCUT2D eigenvalue weighted by atomic mass is 79.9. The second-order valence-electron chi connectivity index (χ2n) is 5.56. The zero-order chi connectivity index (χ0) is 14.7. The van der Waals surface area contributed by atoms with Crippen molar-refractivity contribution in [3.63, 3.8) is 0 Å². The third-order valence-electron chi connectivity index (χ3n) is 2.36. The van der Waals surface area contributed by atoms with E-state index in [0.717, 1.165) is 10.4 Å². The van der Waals surface area contributed by atoms with Crippen molar-refractivity contribution in [3.05, 3.63) is 16.5 Å². The lowest BCUT2D eigenvalue weighted by atomic mass is 9.96. The number of sulfone groups is 1. The van der Waals surface area contributed by atoms with Crippen molar-refractivity contribution in [2.75, 3.05) is 23.9 Å². The molecular weight excluding hydrogens is 330 g/mol. The highest BCUT2D eigenvalue weighted by molar-refractivity contribution is 9.10. The Morgan fingerprint density at radius 2 is 1.95 bits per heavy atom. The Kier molecular flexibility index (Phi) is 5.32. The standard InChI is InChI=1S/C12H20BrN3O2S/c1-12(2,3)11-15-9(13)8-10(16-11)14-6-5-7-19(4,17)18/h8H,5-7H2,1-4H3,(H,14,15,16). The lowest BCUT2D eigenvalue weighted by Crippen LogP contribution is -2.18. The zero-order valence-electron chi connectivity index (χ0n) is 11.7. The van der Waals surface area contributed by atoms with E-state index in [2.05, 4.69) is 31.2 Å². The lowest BCUT2D eigenvalue weighted by molar-refractivity contribution is 0.544. The minimum absolute atomic E-state index is 0.132. The van der Waals surface area contributed by atoms with Gasteiger partial charge in [0.25, 0.3) is 0 Å². The van der Waals surface area contributed by atoms with Crippen LogP contribution in [0.1, 0.15) is 33.0 Å². The van der Waals surface area contributed by atoms with Crippen molar-refractivity contribution < 1.29 is 8.42 Å². The highest BCUT2D eigenvalue weighted by Gasteiger charge is 2.18. The maximum Gasteiger partial charge on any atom is 0.147 e. The lowest BCUT2D eigenvalue weighted by Gasteiger charge is -2.17. The van der Waals surface area contributed by atoms with Gasteiger partial charge in [-0.3, -0.25) is 0 Å². The molecule has 0 bridgehead atoms. The number of hydrogen-bond donors (Lipinski definition) is 1. The molecule has 0 aliphatic heterocycles. The van der Waals surface area contributed by atoms with E-state index in [1.165, 1.54) is 6.26 Å². The molecule has 1 rings (SSSR count). The number of rotatable bonds is 5. The summed E-state index contributed by atoms with van der Waals surface area (Å²) in [6.45, 7) is 6.70. The van der Waals surface area contributed by atoms with Gasteiger partial charge in [-0.2, -0.15) is 0 Å². The molecule has 1 aromatic rings. The van der Waals surface area contributed by atoms with Crippen LogP contribution in [0.4, 0.5) is 5.82 Å². The molecule has 0 atom stereocenters. The number of halogens is 1. The number of hydrogen-bond acceptors (Lipinski definition) is 5. The van der Waals surface area contributed by atoms with E-state index < -0.39 is 9.84 Å². The molecule has 0 aromatic carbocycles. The summed E-state index contributed by atoms with van der Waals surface area (Å²) >= 11 is 3.36. The monoisotopic (exact) mass is 349 g/mol. The molecule has 1 heterocycles. The molecule has 1 aromatic heterocycles. The van der Waals surface area contributed by atoms with Gasteiger partial charge in [0, 0.05) is 24.3 Å². The molecule has 5 nitrogen and oxygen atoms in total. The van der Waals surface area contributed by atoms with E-state index in [-0.39, 0.29) is 11.2 Å². The Morgan fingerprint density at radius 3 is 2.47 bits per heavy atom. The van der Waals surface area contributed by atoms with Gasteiger partial charge < -0.3 is 5.32 Å². The molecular formula is C12H20BrN3O2S. The van der Waals surface area contributed by atoms with E-state index >= 15 is 0 Å². The van der Waals surface area contributed by atoms with Gasteiger partial charge >= 0.3 is 0 Å². The van der Waals surface area contributed by atoms with Crippen LogP contribution in [-0.2, 0) is 15.3 Å². The number of anilines is 1. The maximum atomic E-state index is 11.0. The number of nitrogens with one attached hydrogen (secondary N) is 1. The van der Waals surface area contributed by atoms with E-state index in [4.69, 9.17) is 0 Å². The van der Waals surface area contributed by atoms with Crippen LogP contribution in [0.25, 0.3) is 0 Å². The predicted molar refractivity (Wildman–Crippen MR) is 81.2 cm³/mol. The minimum Gasteiger partial charge on any atom is -0.370 e. The Bertz CT molecular complexity index is 538. The molecule has 1 N–H and O–H groups in total. The average Bonchev–Trinajstić information content (AvgIpc) is 2.21. The molecule has 0 aliphatic rings. The number of aromatic nitrogens is 2. The SMILES string of the molecule is CC(C)(C)c1nc(Br)cc(NCCCS(C)(=O)=O)n1. The largest absolute Gasteiger partial charge is 0.370 e. The van der Waals surface area contributed by atoms with Crippen LogP contribution >= 0.6 is 15.9 Å². The molecule has 0 aliphatic carbocycles. The molecule has 0 saturated heterocycles. The summed E-state index contributed by atoms with van der Waals surface area (Å²) < 4.78 is 22.8. The van der Waals surface area contributed by atoms with Gasteiger partial charge in [-0.05, 0) is 22.4 Å². The van der Waals surface area contributed by atoms with Crippen molar-refractivity contribution in [2.24, 2.45) is 0 Å². The third-order valence-corrected chi connectivity index (χ3v) is 3.80. The quantitative estimate of drug-likeness (QED) is 0.652. The molecule has 0 saturated carbocycles. The fourth-order valence-electron chi connectivity index (χ4n) is 1.39. The summed E-state index contributed by atoms with van der Waals surface area (Å²) in [7, 11) is -2.90. The van der Waals surface area contributed by atoms with Crippen LogP contribution in [0.15, 0.2) is 10.7 Å². The van der Waals surface area contributed by atoms with Crippen LogP contribution in [0.2, 0.25) is 0 Å². The Morgan fingerprint density at radius 1 is 1.32 bits per heavy atom. The summed E-state index contributed by atoms with van der Waals surface area (Å²) in [6, 6.07) is 1.79. The maximum absolute atomic E-state index is 11.0. The molecule has 0 radical (unpaired) electrons. The van der Waals surface area contributed by atoms with Gasteiger partial charge in [0.05, 0.1) is 5.75 Å². The highest BCUT2D eigenvalue weighted by Crippen LogP contribution is 2.22. The van der Waals surface area contributed by atoms with Gasteiger partial charge in [0.2, 0.25) is 0 Å². The van der Waals surface area contributed by atoms with Crippen LogP contribution in [-0.4, -0.2) is 36.9 Å². The minimum atomic E-state index is -2.90. The number of nitrogens with zero attached hydrogens (tertiary/aromatic N) is 2. The third kappa shape index (κ3) is 6.33. The van der Waals surface area contributed by atoms with Crippen molar-refractivity contribution >= 4 is 31.6 Å². The summed E-state index contributed by atoms with van der Waals surface area (Å²) in [5, 5.41) is 3.12. The van der Waals surface area contributed by atoms with E-state index in [1.54, 1.807) is 6.07 Å². The Labute approximate surface area is 123 Å². The first-order valence-corrected chi connectivity index (χ1v) is 8.90. The van der Waals surface area contributed by atoms with Gasteiger partial charge in [-0.15, -0.1) is 0 Å². The second-order valence-corrected chi connectivity index (χ2v) is 8.63. The Hall–Kier alpha value is -0.690. The molecule has 19 heavy (non-hydrogen) atoms. The van der Waals surface area contributed by atoms with Gasteiger partial charge in [0.15, 0.2) is 0 Å². The first-order chi connectivity index (χ1) is 8.58. The smallest absolute Gasteiger partial charge is 0.147 e. The van der Waals surface area contributed by atoms with Gasteiger partial charge in [0.1, 0.15) is 26.1 Å². The van der Waals surface area contributed by atoms with Crippen LogP contribution in [0.3, 0.4) is 0 Å². The molecule has 0 fully saturated rings. The van der Waals surface area contributed by atoms with Crippen LogP contribution in [0, 0.1) is 0 Å². The second kappa shape index (κ2) is 6.17. The van der Waals surface area contributed by atoms with Crippen LogP contribution < -0.4 is 5.32 Å². The predicted octanol–water partition coefficient (Wildman–Crippen LogP) is 2.38. The molecule has 0 unspecified atom stereocenters. The van der Waals surface area contributed by atoms with Gasteiger partial charge in [-0.1, -0.05) is 20.8 Å². The first-order valence-electron chi connectivity index (χ1n) is 6.04. The fraction of sp³-hybridized carbons (Fsp3) is 0.667.